The van der Waals surface area contributed by atoms with Crippen LogP contribution in [0.15, 0.2) is 36.0 Å². The Morgan fingerprint density at radius 3 is 2.64 bits per heavy atom. The number of hydrogen-bond acceptors (Lipinski definition) is 3. The first-order chi connectivity index (χ1) is 10.6. The van der Waals surface area contributed by atoms with Crippen LogP contribution in [-0.2, 0) is 6.54 Å². The Labute approximate surface area is 132 Å². The second-order valence-electron chi connectivity index (χ2n) is 5.41. The summed E-state index contributed by atoms with van der Waals surface area (Å²) in [6, 6.07) is 3.93. The van der Waals surface area contributed by atoms with Gasteiger partial charge in [0, 0.05) is 23.3 Å². The van der Waals surface area contributed by atoms with Crippen molar-refractivity contribution in [3.8, 4) is 0 Å². The fourth-order valence-electron chi connectivity index (χ4n) is 2.45. The summed E-state index contributed by atoms with van der Waals surface area (Å²) in [7, 11) is 0. The van der Waals surface area contributed by atoms with Gasteiger partial charge in [0.25, 0.3) is 0 Å². The van der Waals surface area contributed by atoms with Gasteiger partial charge in [-0.2, -0.15) is 0 Å². The number of nitrogens with zero attached hydrogens (tertiary/aromatic N) is 3. The molecule has 1 fully saturated rings. The second-order valence-corrected chi connectivity index (χ2v) is 6.72. The van der Waals surface area contributed by atoms with Crippen molar-refractivity contribution in [2.45, 2.75) is 42.6 Å². The van der Waals surface area contributed by atoms with Crippen molar-refractivity contribution in [2.24, 2.45) is 0 Å². The minimum Gasteiger partial charge on any atom is -0.302 e. The first kappa shape index (κ1) is 15.2. The molecular weight excluding hydrogens is 304 g/mol. The van der Waals surface area contributed by atoms with E-state index in [9.17, 15) is 8.78 Å². The van der Waals surface area contributed by atoms with Crippen molar-refractivity contribution in [3.63, 3.8) is 0 Å². The Morgan fingerprint density at radius 2 is 2.05 bits per heavy atom. The number of thioether (sulfide) groups is 1. The van der Waals surface area contributed by atoms with Gasteiger partial charge in [0.1, 0.15) is 17.5 Å². The Bertz CT molecular complexity index is 674. The molecule has 1 heterocycles. The normalized spacial score (nSPS) is 15.8. The maximum atomic E-state index is 13.9. The average molecular weight is 321 g/mol. The van der Waals surface area contributed by atoms with E-state index in [0.29, 0.717) is 17.6 Å². The summed E-state index contributed by atoms with van der Waals surface area (Å²) < 4.78 is 29.8. The van der Waals surface area contributed by atoms with Crippen molar-refractivity contribution >= 4 is 11.8 Å². The molecule has 1 unspecified atom stereocenters. The molecule has 0 radical (unpaired) electrons. The van der Waals surface area contributed by atoms with Crippen LogP contribution in [0.1, 0.15) is 42.3 Å². The van der Waals surface area contributed by atoms with Gasteiger partial charge in [-0.25, -0.2) is 8.78 Å². The number of aromatic nitrogens is 3. The number of benzene rings is 1. The van der Waals surface area contributed by atoms with Crippen LogP contribution in [0.3, 0.4) is 0 Å². The smallest absolute Gasteiger partial charge is 0.192 e. The Balaban J connectivity index is 1.87. The third-order valence-corrected chi connectivity index (χ3v) is 4.79. The van der Waals surface area contributed by atoms with Gasteiger partial charge in [-0.05, 0) is 31.9 Å². The number of allylic oxidation sites excluding steroid dienone is 1. The lowest BCUT2D eigenvalue weighted by atomic mass is 10.1. The topological polar surface area (TPSA) is 30.7 Å². The van der Waals surface area contributed by atoms with Gasteiger partial charge in [0.2, 0.25) is 0 Å². The molecule has 1 atom stereocenters. The summed E-state index contributed by atoms with van der Waals surface area (Å²) in [4.78, 5) is 0. The number of halogens is 2. The number of rotatable bonds is 6. The fourth-order valence-corrected chi connectivity index (χ4v) is 3.49. The summed E-state index contributed by atoms with van der Waals surface area (Å²) in [5.74, 6) is 0.348. The molecule has 1 aliphatic rings. The number of hydrogen-bond donors (Lipinski definition) is 0. The Hall–Kier alpha value is -1.69. The van der Waals surface area contributed by atoms with Crippen molar-refractivity contribution in [2.75, 3.05) is 0 Å². The van der Waals surface area contributed by atoms with E-state index in [1.807, 2.05) is 4.57 Å². The Kier molecular flexibility index (Phi) is 4.29. The van der Waals surface area contributed by atoms with Gasteiger partial charge in [0.05, 0.1) is 0 Å². The van der Waals surface area contributed by atoms with E-state index in [0.717, 1.165) is 18.7 Å². The molecule has 2 aromatic rings. The molecule has 6 heteroatoms. The van der Waals surface area contributed by atoms with Crippen LogP contribution < -0.4 is 0 Å². The first-order valence-electron chi connectivity index (χ1n) is 7.26. The SMILES string of the molecule is C=CCn1c(SC(C)c2c(F)cccc2F)nnc1C1CC1. The third kappa shape index (κ3) is 2.92. The summed E-state index contributed by atoms with van der Waals surface area (Å²) >= 11 is 1.32. The monoisotopic (exact) mass is 321 g/mol. The van der Waals surface area contributed by atoms with Crippen molar-refractivity contribution < 1.29 is 8.78 Å². The third-order valence-electron chi connectivity index (χ3n) is 3.69. The van der Waals surface area contributed by atoms with E-state index in [1.165, 1.54) is 30.0 Å². The zero-order valence-electron chi connectivity index (χ0n) is 12.3. The molecule has 1 aliphatic carbocycles. The predicted molar refractivity (Wildman–Crippen MR) is 82.8 cm³/mol. The summed E-state index contributed by atoms with van der Waals surface area (Å²) in [5.41, 5.74) is 0.0774. The quantitative estimate of drug-likeness (QED) is 0.581. The minimum absolute atomic E-state index is 0.0774. The highest BCUT2D eigenvalue weighted by molar-refractivity contribution is 7.99. The molecular formula is C16H17F2N3S. The van der Waals surface area contributed by atoms with Crippen LogP contribution in [0.5, 0.6) is 0 Å². The molecule has 0 bridgehead atoms. The van der Waals surface area contributed by atoms with E-state index < -0.39 is 11.6 Å². The van der Waals surface area contributed by atoms with Gasteiger partial charge in [-0.15, -0.1) is 16.8 Å². The lowest BCUT2D eigenvalue weighted by Crippen LogP contribution is -2.04. The van der Waals surface area contributed by atoms with E-state index in [2.05, 4.69) is 16.8 Å². The van der Waals surface area contributed by atoms with Crippen LogP contribution >= 0.6 is 11.8 Å². The van der Waals surface area contributed by atoms with Gasteiger partial charge in [0.15, 0.2) is 5.16 Å². The molecule has 1 saturated carbocycles. The molecule has 116 valence electrons. The molecule has 0 spiro atoms. The summed E-state index contributed by atoms with van der Waals surface area (Å²) in [5, 5.41) is 8.74. The lowest BCUT2D eigenvalue weighted by Gasteiger charge is -2.14. The molecule has 3 rings (SSSR count). The van der Waals surface area contributed by atoms with Gasteiger partial charge < -0.3 is 4.57 Å². The van der Waals surface area contributed by atoms with E-state index >= 15 is 0 Å². The van der Waals surface area contributed by atoms with Crippen molar-refractivity contribution in [1.29, 1.82) is 0 Å². The highest BCUT2D eigenvalue weighted by Crippen LogP contribution is 2.42. The van der Waals surface area contributed by atoms with Gasteiger partial charge >= 0.3 is 0 Å². The predicted octanol–water partition coefficient (Wildman–Crippen LogP) is 4.47. The molecule has 0 N–H and O–H groups in total. The highest BCUT2D eigenvalue weighted by Gasteiger charge is 2.30. The molecule has 22 heavy (non-hydrogen) atoms. The molecule has 3 nitrogen and oxygen atoms in total. The fraction of sp³-hybridized carbons (Fsp3) is 0.375. The van der Waals surface area contributed by atoms with Gasteiger partial charge in [-0.1, -0.05) is 23.9 Å². The zero-order valence-corrected chi connectivity index (χ0v) is 13.1. The van der Waals surface area contributed by atoms with Crippen LogP contribution in [0.25, 0.3) is 0 Å². The van der Waals surface area contributed by atoms with Crippen LogP contribution in [0, 0.1) is 11.6 Å². The largest absolute Gasteiger partial charge is 0.302 e. The molecule has 0 saturated heterocycles. The molecule has 0 amide bonds. The standard InChI is InChI=1S/C16H17F2N3S/c1-3-9-21-15(11-7-8-11)19-20-16(21)22-10(2)14-12(17)5-4-6-13(14)18/h3-6,10-11H,1,7-9H2,2H3. The van der Waals surface area contributed by atoms with Gasteiger partial charge in [-0.3, -0.25) is 0 Å². The summed E-state index contributed by atoms with van der Waals surface area (Å²) in [6.45, 7) is 6.14. The second kappa shape index (κ2) is 6.20. The minimum atomic E-state index is -0.530. The van der Waals surface area contributed by atoms with Crippen LogP contribution in [-0.4, -0.2) is 14.8 Å². The molecule has 1 aromatic heterocycles. The van der Waals surface area contributed by atoms with Crippen molar-refractivity contribution in [3.05, 3.63) is 53.9 Å². The van der Waals surface area contributed by atoms with Crippen molar-refractivity contribution in [1.82, 2.24) is 14.8 Å². The molecule has 0 aliphatic heterocycles. The van der Waals surface area contributed by atoms with Crippen LogP contribution in [0.4, 0.5) is 8.78 Å². The van der Waals surface area contributed by atoms with E-state index in [4.69, 9.17) is 0 Å². The maximum Gasteiger partial charge on any atom is 0.192 e. The van der Waals surface area contributed by atoms with E-state index in [1.54, 1.807) is 13.0 Å². The van der Waals surface area contributed by atoms with E-state index in [-0.39, 0.29) is 10.8 Å². The maximum absolute atomic E-state index is 13.9. The van der Waals surface area contributed by atoms with Crippen LogP contribution in [0.2, 0.25) is 0 Å². The highest BCUT2D eigenvalue weighted by atomic mass is 32.2. The lowest BCUT2D eigenvalue weighted by molar-refractivity contribution is 0.556. The zero-order chi connectivity index (χ0) is 15.7. The summed E-state index contributed by atoms with van der Waals surface area (Å²) in [6.07, 6.45) is 4.03. The Morgan fingerprint density at radius 1 is 1.36 bits per heavy atom. The average Bonchev–Trinajstić information content (AvgIpc) is 3.24. The first-order valence-corrected chi connectivity index (χ1v) is 8.14. The molecule has 1 aromatic carbocycles.